The summed E-state index contributed by atoms with van der Waals surface area (Å²) < 4.78 is 62.8. The number of carbonyl (C=O) groups excluding carboxylic acids is 1. The van der Waals surface area contributed by atoms with Crippen molar-refractivity contribution in [1.29, 1.82) is 0 Å². The van der Waals surface area contributed by atoms with E-state index in [4.69, 9.17) is 25.8 Å². The first kappa shape index (κ1) is 37.1. The Morgan fingerprint density at radius 3 is 2.46 bits per heavy atom. The molecule has 2 heterocycles. The molecule has 52 heavy (non-hydrogen) atoms. The molecule has 0 aliphatic carbocycles. The van der Waals surface area contributed by atoms with Gasteiger partial charge in [0, 0.05) is 46.6 Å². The lowest BCUT2D eigenvalue weighted by Gasteiger charge is -2.13. The summed E-state index contributed by atoms with van der Waals surface area (Å²) in [5, 5.41) is 16.4. The zero-order chi connectivity index (χ0) is 37.1. The van der Waals surface area contributed by atoms with Gasteiger partial charge in [0.05, 0.1) is 43.2 Å². The van der Waals surface area contributed by atoms with Crippen molar-refractivity contribution in [3.05, 3.63) is 106 Å². The summed E-state index contributed by atoms with van der Waals surface area (Å²) in [7, 11) is 4.76. The van der Waals surface area contributed by atoms with Crippen molar-refractivity contribution in [3.8, 4) is 22.6 Å². The summed E-state index contributed by atoms with van der Waals surface area (Å²) in [6.45, 7) is 1.53. The fraction of sp³-hybridized carbons (Fsp3) is 0.282. The van der Waals surface area contributed by atoms with E-state index < -0.39 is 24.7 Å². The second kappa shape index (κ2) is 15.9. The number of thioether (sulfide) groups is 1. The molecule has 0 saturated heterocycles. The van der Waals surface area contributed by atoms with Crippen LogP contribution in [0.15, 0.2) is 71.6 Å². The predicted octanol–water partition coefficient (Wildman–Crippen LogP) is 9.44. The van der Waals surface area contributed by atoms with Crippen molar-refractivity contribution < 1.29 is 37.3 Å². The van der Waals surface area contributed by atoms with Gasteiger partial charge in [0.25, 0.3) is 6.43 Å². The highest BCUT2D eigenvalue weighted by Crippen LogP contribution is 2.44. The van der Waals surface area contributed by atoms with Gasteiger partial charge >= 0.3 is 5.97 Å². The van der Waals surface area contributed by atoms with Gasteiger partial charge in [-0.3, -0.25) is 4.68 Å². The fourth-order valence-electron chi connectivity index (χ4n) is 6.54. The smallest absolute Gasteiger partial charge is 0.355 e. The maximum atomic E-state index is 14.3. The molecule has 0 bridgehead atoms. The standard InChI is InChI=1S/C39H37ClF3N3O5S/c1-5-50-39(48)37-28(29-14-15-30(40)33(36(29)45(37)2)34-31(20-47)46(3)44-35(34)38(42)43)7-6-16-51-32-19-26(18-23-17-24(41)10-13-27(23)32)52-21-22-8-11-25(49-4)12-9-22/h8-15,17-19,38,47H,5-7,16,20-21H2,1-4H3. The van der Waals surface area contributed by atoms with E-state index in [2.05, 4.69) is 5.10 Å². The Morgan fingerprint density at radius 2 is 1.77 bits per heavy atom. The number of nitrogens with zero attached hydrogens (tertiary/aromatic N) is 3. The lowest BCUT2D eigenvalue weighted by Crippen LogP contribution is -2.13. The highest BCUT2D eigenvalue weighted by atomic mass is 35.5. The SMILES string of the molecule is CCOC(=O)c1c(CCCOc2cc(SCc3ccc(OC)cc3)cc3cc(F)ccc23)c2ccc(Cl)c(-c3c(C(F)F)nn(C)c3CO)c2n1C. The van der Waals surface area contributed by atoms with Gasteiger partial charge in [-0.25, -0.2) is 18.0 Å². The van der Waals surface area contributed by atoms with E-state index in [1.165, 1.54) is 23.9 Å². The number of benzene rings is 4. The molecule has 0 fully saturated rings. The third-order valence-electron chi connectivity index (χ3n) is 8.92. The largest absolute Gasteiger partial charge is 0.497 e. The molecule has 4 aromatic carbocycles. The van der Waals surface area contributed by atoms with Gasteiger partial charge in [-0.05, 0) is 84.8 Å². The molecule has 0 atom stereocenters. The summed E-state index contributed by atoms with van der Waals surface area (Å²) in [6, 6.07) is 19.6. The highest BCUT2D eigenvalue weighted by Gasteiger charge is 2.31. The summed E-state index contributed by atoms with van der Waals surface area (Å²) in [5.41, 5.74) is 2.34. The molecule has 272 valence electrons. The van der Waals surface area contributed by atoms with Gasteiger partial charge in [0.1, 0.15) is 28.7 Å². The summed E-state index contributed by atoms with van der Waals surface area (Å²) >= 11 is 8.32. The van der Waals surface area contributed by atoms with E-state index in [1.54, 1.807) is 55.6 Å². The molecule has 0 unspecified atom stereocenters. The first-order valence-corrected chi connectivity index (χ1v) is 18.0. The van der Waals surface area contributed by atoms with Crippen LogP contribution in [0.4, 0.5) is 13.2 Å². The third kappa shape index (κ3) is 7.33. The maximum Gasteiger partial charge on any atom is 0.355 e. The van der Waals surface area contributed by atoms with Crippen molar-refractivity contribution in [3.63, 3.8) is 0 Å². The Morgan fingerprint density at radius 1 is 1.02 bits per heavy atom. The quantitative estimate of drug-likeness (QED) is 0.0674. The molecule has 6 aromatic rings. The lowest BCUT2D eigenvalue weighted by molar-refractivity contribution is 0.0514. The second-order valence-corrected chi connectivity index (χ2v) is 13.5. The van der Waals surface area contributed by atoms with E-state index >= 15 is 0 Å². The third-order valence-corrected chi connectivity index (χ3v) is 10.3. The number of hydrogen-bond acceptors (Lipinski definition) is 7. The number of rotatable bonds is 14. The van der Waals surface area contributed by atoms with Crippen molar-refractivity contribution in [2.75, 3.05) is 20.3 Å². The van der Waals surface area contributed by atoms with Crippen molar-refractivity contribution >= 4 is 51.0 Å². The molecule has 13 heteroatoms. The monoisotopic (exact) mass is 751 g/mol. The Balaban J connectivity index is 1.32. The van der Waals surface area contributed by atoms with Crippen molar-refractivity contribution in [1.82, 2.24) is 14.3 Å². The van der Waals surface area contributed by atoms with Gasteiger partial charge < -0.3 is 23.9 Å². The number of hydrogen-bond donors (Lipinski definition) is 1. The van der Waals surface area contributed by atoms with Gasteiger partial charge in [0.2, 0.25) is 0 Å². The fourth-order valence-corrected chi connectivity index (χ4v) is 7.71. The molecule has 0 aliphatic heterocycles. The van der Waals surface area contributed by atoms with Crippen LogP contribution in [0.1, 0.15) is 52.8 Å². The minimum atomic E-state index is -2.94. The summed E-state index contributed by atoms with van der Waals surface area (Å²) in [4.78, 5) is 14.3. The second-order valence-electron chi connectivity index (χ2n) is 12.1. The molecule has 6 rings (SSSR count). The number of halogens is 4. The Bertz CT molecular complexity index is 2260. The van der Waals surface area contributed by atoms with Crippen molar-refractivity contribution in [2.45, 2.75) is 43.4 Å². The molecule has 0 saturated carbocycles. The van der Waals surface area contributed by atoms with Crippen LogP contribution in [0.25, 0.3) is 32.8 Å². The molecular weight excluding hydrogens is 715 g/mol. The van der Waals surface area contributed by atoms with Gasteiger partial charge in [-0.2, -0.15) is 5.10 Å². The minimum Gasteiger partial charge on any atom is -0.497 e. The maximum absolute atomic E-state index is 14.3. The van der Waals surface area contributed by atoms with Crippen LogP contribution < -0.4 is 9.47 Å². The number of esters is 1. The molecule has 1 N–H and O–H groups in total. The van der Waals surface area contributed by atoms with Crippen LogP contribution in [0, 0.1) is 5.82 Å². The minimum absolute atomic E-state index is 0.0227. The first-order chi connectivity index (χ1) is 25.1. The van der Waals surface area contributed by atoms with Gasteiger partial charge in [-0.15, -0.1) is 11.8 Å². The number of ether oxygens (including phenoxy) is 3. The molecule has 0 spiro atoms. The van der Waals surface area contributed by atoms with Crippen LogP contribution in [0.2, 0.25) is 5.02 Å². The van der Waals surface area contributed by atoms with E-state index in [-0.39, 0.29) is 46.6 Å². The number of aliphatic hydroxyl groups is 1. The van der Waals surface area contributed by atoms with Crippen molar-refractivity contribution in [2.24, 2.45) is 14.1 Å². The zero-order valence-electron chi connectivity index (χ0n) is 29.0. The Kier molecular flexibility index (Phi) is 11.4. The normalized spacial score (nSPS) is 11.6. The highest BCUT2D eigenvalue weighted by molar-refractivity contribution is 7.98. The number of carbonyl (C=O) groups is 1. The molecule has 0 amide bonds. The number of aryl methyl sites for hydroxylation is 3. The van der Waals surface area contributed by atoms with Crippen LogP contribution >= 0.6 is 23.4 Å². The average molecular weight is 752 g/mol. The number of aliphatic hydroxyl groups excluding tert-OH is 1. The molecular formula is C39H37ClF3N3O5S. The van der Waals surface area contributed by atoms with E-state index in [0.29, 0.717) is 46.2 Å². The Hall–Kier alpha value is -4.65. The number of alkyl halides is 2. The topological polar surface area (TPSA) is 87.7 Å². The van der Waals surface area contributed by atoms with E-state index in [9.17, 15) is 23.1 Å². The molecule has 0 radical (unpaired) electrons. The molecule has 8 nitrogen and oxygen atoms in total. The van der Waals surface area contributed by atoms with Crippen LogP contribution in [0.3, 0.4) is 0 Å². The van der Waals surface area contributed by atoms with Gasteiger partial charge in [0.15, 0.2) is 0 Å². The van der Waals surface area contributed by atoms with Crippen LogP contribution in [-0.4, -0.2) is 45.7 Å². The predicted molar refractivity (Wildman–Crippen MR) is 197 cm³/mol. The Labute approximate surface area is 308 Å². The summed E-state index contributed by atoms with van der Waals surface area (Å²) in [6.07, 6.45) is -2.11. The lowest BCUT2D eigenvalue weighted by atomic mass is 9.98. The van der Waals surface area contributed by atoms with E-state index in [1.807, 2.05) is 36.4 Å². The number of fused-ring (bicyclic) bond motifs is 2. The van der Waals surface area contributed by atoms with Gasteiger partial charge in [-0.1, -0.05) is 29.8 Å². The first-order valence-electron chi connectivity index (χ1n) is 16.6. The molecule has 2 aromatic heterocycles. The molecule has 0 aliphatic rings. The average Bonchev–Trinajstić information content (AvgIpc) is 3.61. The number of methoxy groups -OCH3 is 1. The zero-order valence-corrected chi connectivity index (χ0v) is 30.6. The number of aromatic nitrogens is 3. The summed E-state index contributed by atoms with van der Waals surface area (Å²) in [5.74, 6) is 1.14. The van der Waals surface area contributed by atoms with E-state index in [0.717, 1.165) is 21.6 Å². The van der Waals surface area contributed by atoms with Crippen LogP contribution in [0.5, 0.6) is 11.5 Å². The van der Waals surface area contributed by atoms with Crippen LogP contribution in [-0.2, 0) is 37.6 Å².